The Hall–Kier alpha value is -2.40. The number of ether oxygens (including phenoxy) is 2. The lowest BCUT2D eigenvalue weighted by atomic mass is 10.2. The van der Waals surface area contributed by atoms with E-state index in [0.29, 0.717) is 17.1 Å². The average molecular weight is 499 g/mol. The second-order valence-corrected chi connectivity index (χ2v) is 6.98. The molecule has 9 heteroatoms. The molecule has 0 saturated heterocycles. The molecule has 0 aromatic heterocycles. The molecule has 0 radical (unpaired) electrons. The summed E-state index contributed by atoms with van der Waals surface area (Å²) in [4.78, 5) is 24.0. The smallest absolute Gasteiger partial charge is 0.276 e. The first-order valence-corrected chi connectivity index (χ1v) is 9.31. The highest BCUT2D eigenvalue weighted by molar-refractivity contribution is 14.1. The fraction of sp³-hybridized carbons (Fsp3) is 0.167. The zero-order valence-electron chi connectivity index (χ0n) is 14.7. The van der Waals surface area contributed by atoms with E-state index < -0.39 is 11.8 Å². The molecule has 2 rings (SSSR count). The molecule has 27 heavy (non-hydrogen) atoms. The van der Waals surface area contributed by atoms with Gasteiger partial charge in [0.25, 0.3) is 11.8 Å². The van der Waals surface area contributed by atoms with Crippen LogP contribution in [0.25, 0.3) is 0 Å². The Morgan fingerprint density at radius 3 is 2.59 bits per heavy atom. The average Bonchev–Trinajstić information content (AvgIpc) is 2.64. The van der Waals surface area contributed by atoms with Gasteiger partial charge in [0.2, 0.25) is 0 Å². The highest BCUT2D eigenvalue weighted by Crippen LogP contribution is 2.21. The van der Waals surface area contributed by atoms with Crippen molar-refractivity contribution in [3.8, 4) is 11.5 Å². The van der Waals surface area contributed by atoms with E-state index in [0.717, 1.165) is 9.13 Å². The monoisotopic (exact) mass is 499 g/mol. The van der Waals surface area contributed by atoms with Crippen LogP contribution in [0, 0.1) is 10.5 Å². The lowest BCUT2D eigenvalue weighted by Crippen LogP contribution is -2.49. The molecule has 0 heterocycles. The first-order chi connectivity index (χ1) is 12.9. The summed E-state index contributed by atoms with van der Waals surface area (Å²) in [6.07, 6.45) is 0. The molecule has 3 N–H and O–H groups in total. The molecule has 0 atom stereocenters. The quantitative estimate of drug-likeness (QED) is 0.333. The van der Waals surface area contributed by atoms with Crippen LogP contribution < -0.4 is 25.6 Å². The van der Waals surface area contributed by atoms with Crippen molar-refractivity contribution in [1.29, 1.82) is 0 Å². The molecular formula is C18H18IN3O4S. The number of hydrogen-bond donors (Lipinski definition) is 3. The maximum absolute atomic E-state index is 12.2. The fourth-order valence-corrected chi connectivity index (χ4v) is 2.91. The maximum Gasteiger partial charge on any atom is 0.276 e. The van der Waals surface area contributed by atoms with Crippen LogP contribution >= 0.6 is 34.8 Å². The summed E-state index contributed by atoms with van der Waals surface area (Å²) in [7, 11) is 1.56. The number of carbonyl (C=O) groups is 2. The van der Waals surface area contributed by atoms with Gasteiger partial charge in [0.15, 0.2) is 11.7 Å². The number of rotatable bonds is 5. The molecule has 0 fully saturated rings. The molecule has 2 aromatic carbocycles. The number of carbonyl (C=O) groups excluding carboxylic acids is 2. The highest BCUT2D eigenvalue weighted by atomic mass is 127. The van der Waals surface area contributed by atoms with Crippen molar-refractivity contribution in [3.05, 3.63) is 57.2 Å². The molecule has 0 saturated carbocycles. The molecule has 0 aliphatic rings. The SMILES string of the molecule is COc1ccc(C(=O)NC(=S)NNC(=O)COc2cccc(C)c2)cc1I. The molecule has 0 spiro atoms. The summed E-state index contributed by atoms with van der Waals surface area (Å²) >= 11 is 7.07. The van der Waals surface area contributed by atoms with Crippen molar-refractivity contribution in [2.24, 2.45) is 0 Å². The van der Waals surface area contributed by atoms with E-state index >= 15 is 0 Å². The van der Waals surface area contributed by atoms with Gasteiger partial charge in [-0.3, -0.25) is 25.8 Å². The van der Waals surface area contributed by atoms with E-state index in [1.807, 2.05) is 25.1 Å². The van der Waals surface area contributed by atoms with Crippen molar-refractivity contribution in [1.82, 2.24) is 16.2 Å². The van der Waals surface area contributed by atoms with Gasteiger partial charge >= 0.3 is 0 Å². The fourth-order valence-electron chi connectivity index (χ4n) is 2.03. The molecule has 0 unspecified atom stereocenters. The van der Waals surface area contributed by atoms with Crippen LogP contribution in [0.4, 0.5) is 0 Å². The van der Waals surface area contributed by atoms with Gasteiger partial charge in [-0.15, -0.1) is 0 Å². The van der Waals surface area contributed by atoms with E-state index in [4.69, 9.17) is 21.7 Å². The Morgan fingerprint density at radius 1 is 1.15 bits per heavy atom. The number of amides is 2. The van der Waals surface area contributed by atoms with E-state index in [2.05, 4.69) is 38.8 Å². The summed E-state index contributed by atoms with van der Waals surface area (Å²) in [5.41, 5.74) is 6.27. The largest absolute Gasteiger partial charge is 0.496 e. The lowest BCUT2D eigenvalue weighted by molar-refractivity contribution is -0.123. The predicted octanol–water partition coefficient (Wildman–Crippen LogP) is 2.32. The van der Waals surface area contributed by atoms with Gasteiger partial charge < -0.3 is 9.47 Å². The van der Waals surface area contributed by atoms with Gasteiger partial charge in [0, 0.05) is 5.56 Å². The number of thiocarbonyl (C=S) groups is 1. The van der Waals surface area contributed by atoms with Gasteiger partial charge in [0.05, 0.1) is 10.7 Å². The second-order valence-electron chi connectivity index (χ2n) is 5.41. The minimum atomic E-state index is -0.438. The van der Waals surface area contributed by atoms with Crippen molar-refractivity contribution >= 4 is 51.7 Å². The lowest BCUT2D eigenvalue weighted by Gasteiger charge is -2.12. The van der Waals surface area contributed by atoms with E-state index in [1.165, 1.54) is 0 Å². The Kier molecular flexibility index (Phi) is 7.80. The molecule has 142 valence electrons. The maximum atomic E-state index is 12.2. The zero-order chi connectivity index (χ0) is 19.8. The molecular weight excluding hydrogens is 481 g/mol. The third-order valence-electron chi connectivity index (χ3n) is 3.32. The Bertz CT molecular complexity index is 860. The van der Waals surface area contributed by atoms with E-state index in [1.54, 1.807) is 31.4 Å². The first kappa shape index (κ1) is 20.9. The molecule has 2 aromatic rings. The van der Waals surface area contributed by atoms with Crippen molar-refractivity contribution in [3.63, 3.8) is 0 Å². The topological polar surface area (TPSA) is 88.7 Å². The Balaban J connectivity index is 1.77. The number of hydrogen-bond acceptors (Lipinski definition) is 5. The Labute approximate surface area is 175 Å². The van der Waals surface area contributed by atoms with E-state index in [9.17, 15) is 9.59 Å². The summed E-state index contributed by atoms with van der Waals surface area (Å²) < 4.78 is 11.3. The van der Waals surface area contributed by atoms with Gasteiger partial charge in [-0.1, -0.05) is 12.1 Å². The number of hydrazine groups is 1. The summed E-state index contributed by atoms with van der Waals surface area (Å²) in [6.45, 7) is 1.74. The van der Waals surface area contributed by atoms with Crippen molar-refractivity contribution < 1.29 is 19.1 Å². The first-order valence-electron chi connectivity index (χ1n) is 7.82. The van der Waals surface area contributed by atoms with E-state index in [-0.39, 0.29) is 11.7 Å². The van der Waals surface area contributed by atoms with Crippen LogP contribution in [0.1, 0.15) is 15.9 Å². The molecule has 7 nitrogen and oxygen atoms in total. The van der Waals surface area contributed by atoms with Gasteiger partial charge in [-0.25, -0.2) is 0 Å². The number of methoxy groups -OCH3 is 1. The standard InChI is InChI=1S/C18H18IN3O4S/c1-11-4-3-5-13(8-11)26-10-16(23)21-22-18(27)20-17(24)12-6-7-15(25-2)14(19)9-12/h3-9H,10H2,1-2H3,(H,21,23)(H2,20,22,24,27). The zero-order valence-corrected chi connectivity index (χ0v) is 17.6. The van der Waals surface area contributed by atoms with Crippen molar-refractivity contribution in [2.45, 2.75) is 6.92 Å². The number of halogens is 1. The number of nitrogens with one attached hydrogen (secondary N) is 3. The highest BCUT2D eigenvalue weighted by Gasteiger charge is 2.11. The van der Waals surface area contributed by atoms with Crippen LogP contribution in [-0.4, -0.2) is 30.6 Å². The van der Waals surface area contributed by atoms with Crippen molar-refractivity contribution in [2.75, 3.05) is 13.7 Å². The van der Waals surface area contributed by atoms with Crippen LogP contribution in [-0.2, 0) is 4.79 Å². The minimum Gasteiger partial charge on any atom is -0.496 e. The van der Waals surface area contributed by atoms with Gasteiger partial charge in [-0.2, -0.15) is 0 Å². The predicted molar refractivity (Wildman–Crippen MR) is 114 cm³/mol. The molecule has 2 amide bonds. The van der Waals surface area contributed by atoms with Crippen LogP contribution in [0.15, 0.2) is 42.5 Å². The summed E-state index contributed by atoms with van der Waals surface area (Å²) in [5, 5.41) is 2.45. The number of benzene rings is 2. The molecule has 0 aliphatic heterocycles. The van der Waals surface area contributed by atoms with Crippen LogP contribution in [0.5, 0.6) is 11.5 Å². The summed E-state index contributed by atoms with van der Waals surface area (Å²) in [5.74, 6) is 0.425. The number of aryl methyl sites for hydroxylation is 1. The summed E-state index contributed by atoms with van der Waals surface area (Å²) in [6, 6.07) is 12.3. The normalized spacial score (nSPS) is 9.89. The third kappa shape index (κ3) is 6.68. The van der Waals surface area contributed by atoms with Crippen LogP contribution in [0.3, 0.4) is 0 Å². The second kappa shape index (κ2) is 10.1. The Morgan fingerprint density at radius 2 is 1.93 bits per heavy atom. The minimum absolute atomic E-state index is 0.0327. The molecule has 0 aliphatic carbocycles. The van der Waals surface area contributed by atoms with Gasteiger partial charge in [0.1, 0.15) is 11.5 Å². The van der Waals surface area contributed by atoms with Gasteiger partial charge in [-0.05, 0) is 77.6 Å². The third-order valence-corrected chi connectivity index (χ3v) is 4.36. The molecule has 0 bridgehead atoms. The van der Waals surface area contributed by atoms with Crippen LogP contribution in [0.2, 0.25) is 0 Å².